The van der Waals surface area contributed by atoms with Crippen LogP contribution >= 0.6 is 11.3 Å². The van der Waals surface area contributed by atoms with Crippen LogP contribution in [0.5, 0.6) is 0 Å². The van der Waals surface area contributed by atoms with Crippen molar-refractivity contribution in [3.05, 3.63) is 74.6 Å². The monoisotopic (exact) mass is 378 g/mol. The topological polar surface area (TPSA) is 80.4 Å². The van der Waals surface area contributed by atoms with E-state index in [0.29, 0.717) is 5.82 Å². The van der Waals surface area contributed by atoms with Gasteiger partial charge in [-0.05, 0) is 61.1 Å². The van der Waals surface area contributed by atoms with Crippen molar-refractivity contribution in [1.82, 2.24) is 4.98 Å². The average molecular weight is 378 g/mol. The van der Waals surface area contributed by atoms with E-state index in [1.165, 1.54) is 36.1 Å². The second kappa shape index (κ2) is 7.28. The molecule has 1 aliphatic carbocycles. The first-order chi connectivity index (χ1) is 13.1. The summed E-state index contributed by atoms with van der Waals surface area (Å²) in [5.41, 5.74) is 8.63. The fourth-order valence-corrected chi connectivity index (χ4v) is 3.94. The molecule has 1 aromatic heterocycles. The number of rotatable bonds is 5. The zero-order valence-corrected chi connectivity index (χ0v) is 15.6. The Balaban J connectivity index is 1.47. The second-order valence-electron chi connectivity index (χ2n) is 6.49. The zero-order chi connectivity index (χ0) is 18.8. The number of hydrogen-bond acceptors (Lipinski definition) is 6. The number of nitrogens with one attached hydrogen (secondary N) is 1. The van der Waals surface area contributed by atoms with Gasteiger partial charge in [0.1, 0.15) is 5.01 Å². The fourth-order valence-electron chi connectivity index (χ4n) is 3.19. The molecule has 0 bridgehead atoms. The first kappa shape index (κ1) is 17.4. The molecule has 0 atom stereocenters. The number of non-ortho nitro benzene ring substituents is 1. The highest BCUT2D eigenvalue weighted by Crippen LogP contribution is 2.30. The van der Waals surface area contributed by atoms with E-state index in [0.717, 1.165) is 28.3 Å². The number of anilines is 1. The maximum atomic E-state index is 10.7. The molecule has 2 aromatic carbocycles. The third-order valence-electron chi connectivity index (χ3n) is 4.68. The Morgan fingerprint density at radius 1 is 1.19 bits per heavy atom. The van der Waals surface area contributed by atoms with E-state index in [4.69, 9.17) is 0 Å². The number of aryl methyl sites for hydroxylation is 2. The van der Waals surface area contributed by atoms with E-state index >= 15 is 0 Å². The van der Waals surface area contributed by atoms with Gasteiger partial charge in [0.2, 0.25) is 0 Å². The summed E-state index contributed by atoms with van der Waals surface area (Å²) in [6.45, 7) is 1.85. The lowest BCUT2D eigenvalue weighted by Crippen LogP contribution is -2.00. The van der Waals surface area contributed by atoms with E-state index < -0.39 is 4.92 Å². The Kier molecular flexibility index (Phi) is 4.68. The number of benzene rings is 2. The number of hydrogen-bond donors (Lipinski definition) is 1. The normalized spacial score (nSPS) is 13.4. The van der Waals surface area contributed by atoms with Gasteiger partial charge in [-0.1, -0.05) is 12.1 Å². The number of aromatic nitrogens is 1. The van der Waals surface area contributed by atoms with Gasteiger partial charge in [-0.3, -0.25) is 15.5 Å². The van der Waals surface area contributed by atoms with Gasteiger partial charge in [-0.25, -0.2) is 4.98 Å². The Morgan fingerprint density at radius 2 is 1.96 bits per heavy atom. The number of hydrazone groups is 1. The number of nitro benzene ring substituents is 1. The molecule has 0 saturated carbocycles. The molecule has 27 heavy (non-hydrogen) atoms. The summed E-state index contributed by atoms with van der Waals surface area (Å²) >= 11 is 1.58. The van der Waals surface area contributed by atoms with Crippen LogP contribution in [0.15, 0.2) is 52.9 Å². The van der Waals surface area contributed by atoms with Crippen molar-refractivity contribution in [2.75, 3.05) is 5.43 Å². The van der Waals surface area contributed by atoms with E-state index in [1.54, 1.807) is 23.5 Å². The molecular formula is C20H18N4O2S. The van der Waals surface area contributed by atoms with Crippen molar-refractivity contribution in [2.45, 2.75) is 26.2 Å². The smallest absolute Gasteiger partial charge is 0.260 e. The first-order valence-electron chi connectivity index (χ1n) is 8.73. The minimum absolute atomic E-state index is 0.0676. The molecule has 4 rings (SSSR count). The van der Waals surface area contributed by atoms with Gasteiger partial charge in [0.05, 0.1) is 10.6 Å². The van der Waals surface area contributed by atoms with Crippen LogP contribution in [0.2, 0.25) is 0 Å². The lowest BCUT2D eigenvalue weighted by Gasteiger charge is -2.02. The van der Waals surface area contributed by atoms with E-state index in [-0.39, 0.29) is 5.69 Å². The van der Waals surface area contributed by atoms with Crippen LogP contribution in [0.25, 0.3) is 10.6 Å². The summed E-state index contributed by atoms with van der Waals surface area (Å²) in [5, 5.41) is 18.0. The van der Waals surface area contributed by atoms with Crippen LogP contribution in [0.1, 0.15) is 30.0 Å². The fraction of sp³-hybridized carbons (Fsp3) is 0.200. The third kappa shape index (κ3) is 3.73. The van der Waals surface area contributed by atoms with E-state index in [2.05, 4.69) is 33.7 Å². The van der Waals surface area contributed by atoms with E-state index in [9.17, 15) is 10.1 Å². The molecule has 0 aliphatic heterocycles. The highest BCUT2D eigenvalue weighted by atomic mass is 32.1. The average Bonchev–Trinajstić information content (AvgIpc) is 3.34. The van der Waals surface area contributed by atoms with Crippen LogP contribution in [-0.2, 0) is 12.8 Å². The van der Waals surface area contributed by atoms with Gasteiger partial charge >= 0.3 is 0 Å². The van der Waals surface area contributed by atoms with Crippen molar-refractivity contribution >= 4 is 28.6 Å². The minimum Gasteiger partial charge on any atom is -0.260 e. The molecule has 0 spiro atoms. The highest BCUT2D eigenvalue weighted by molar-refractivity contribution is 7.13. The molecule has 6 nitrogen and oxygen atoms in total. The van der Waals surface area contributed by atoms with Gasteiger partial charge in [-0.15, -0.1) is 11.3 Å². The zero-order valence-electron chi connectivity index (χ0n) is 14.8. The van der Waals surface area contributed by atoms with Crippen LogP contribution < -0.4 is 5.43 Å². The summed E-state index contributed by atoms with van der Waals surface area (Å²) in [6.07, 6.45) is 3.56. The number of nitro groups is 1. The largest absolute Gasteiger partial charge is 0.269 e. The molecule has 7 heteroatoms. The molecule has 1 N–H and O–H groups in total. The van der Waals surface area contributed by atoms with Gasteiger partial charge in [0.25, 0.3) is 5.69 Å². The van der Waals surface area contributed by atoms with Crippen molar-refractivity contribution in [2.24, 2.45) is 5.10 Å². The number of thiazole rings is 1. The summed E-state index contributed by atoms with van der Waals surface area (Å²) in [7, 11) is 0. The van der Waals surface area contributed by atoms with Crippen LogP contribution in [-0.4, -0.2) is 15.6 Å². The second-order valence-corrected chi connectivity index (χ2v) is 7.35. The molecule has 3 aromatic rings. The standard InChI is InChI=1S/C20H18N4O2S/c1-13(14-7-9-18(10-8-14)24(25)26)22-23-19-12-27-20(21-19)17-6-5-15-3-2-4-16(15)11-17/h5-12,23H,2-4H2,1H3/b22-13+. The lowest BCUT2D eigenvalue weighted by atomic mass is 10.1. The Hall–Kier alpha value is -3.06. The highest BCUT2D eigenvalue weighted by Gasteiger charge is 2.13. The number of fused-ring (bicyclic) bond motifs is 1. The number of nitrogens with zero attached hydrogens (tertiary/aromatic N) is 3. The Bertz CT molecular complexity index is 1020. The Labute approximate surface area is 160 Å². The molecule has 0 fully saturated rings. The summed E-state index contributed by atoms with van der Waals surface area (Å²) in [5.74, 6) is 0.691. The van der Waals surface area contributed by atoms with Crippen molar-refractivity contribution in [3.63, 3.8) is 0 Å². The van der Waals surface area contributed by atoms with Gasteiger partial charge in [-0.2, -0.15) is 5.10 Å². The van der Waals surface area contributed by atoms with Gasteiger partial charge < -0.3 is 0 Å². The molecule has 0 amide bonds. The SMILES string of the molecule is C/C(=N\Nc1csc(-c2ccc3c(c2)CCC3)n1)c1ccc([N+](=O)[O-])cc1. The van der Waals surface area contributed by atoms with Crippen molar-refractivity contribution in [1.29, 1.82) is 0 Å². The quantitative estimate of drug-likeness (QED) is 0.383. The first-order valence-corrected chi connectivity index (χ1v) is 9.61. The predicted octanol–water partition coefficient (Wildman–Crippen LogP) is 5.04. The molecule has 0 unspecified atom stereocenters. The maximum Gasteiger partial charge on any atom is 0.269 e. The lowest BCUT2D eigenvalue weighted by molar-refractivity contribution is -0.384. The minimum atomic E-state index is -0.412. The van der Waals surface area contributed by atoms with Crippen LogP contribution in [0, 0.1) is 10.1 Å². The molecule has 0 radical (unpaired) electrons. The predicted molar refractivity (Wildman–Crippen MR) is 109 cm³/mol. The van der Waals surface area contributed by atoms with Crippen molar-refractivity contribution < 1.29 is 4.92 Å². The Morgan fingerprint density at radius 3 is 2.74 bits per heavy atom. The van der Waals surface area contributed by atoms with Gasteiger partial charge in [0, 0.05) is 23.1 Å². The molecule has 0 saturated heterocycles. The summed E-state index contributed by atoms with van der Waals surface area (Å²) in [4.78, 5) is 14.9. The van der Waals surface area contributed by atoms with E-state index in [1.807, 2.05) is 12.3 Å². The molecular weight excluding hydrogens is 360 g/mol. The van der Waals surface area contributed by atoms with Gasteiger partial charge in [0.15, 0.2) is 5.82 Å². The summed E-state index contributed by atoms with van der Waals surface area (Å²) < 4.78 is 0. The van der Waals surface area contributed by atoms with Crippen LogP contribution in [0.3, 0.4) is 0 Å². The molecule has 136 valence electrons. The van der Waals surface area contributed by atoms with Crippen molar-refractivity contribution in [3.8, 4) is 10.6 Å². The third-order valence-corrected chi connectivity index (χ3v) is 5.58. The molecule has 1 heterocycles. The maximum absolute atomic E-state index is 10.7. The summed E-state index contributed by atoms with van der Waals surface area (Å²) in [6, 6.07) is 12.9. The molecule has 1 aliphatic rings. The van der Waals surface area contributed by atoms with Crippen LogP contribution in [0.4, 0.5) is 11.5 Å².